The molecule has 5 nitrogen and oxygen atoms in total. The summed E-state index contributed by atoms with van der Waals surface area (Å²) in [6.07, 6.45) is 1.82. The normalized spacial score (nSPS) is 11.0. The van der Waals surface area contributed by atoms with Crippen molar-refractivity contribution in [3.05, 3.63) is 45.7 Å². The summed E-state index contributed by atoms with van der Waals surface area (Å²) in [6.45, 7) is 2.92. The molecule has 0 spiro atoms. The molecule has 22 heavy (non-hydrogen) atoms. The summed E-state index contributed by atoms with van der Waals surface area (Å²) in [5.41, 5.74) is 2.75. The molecular formula is C15H18Cl2N4O. The van der Waals surface area contributed by atoms with E-state index in [1.807, 2.05) is 36.8 Å². The first-order valence-electron chi connectivity index (χ1n) is 6.77. The molecule has 0 aliphatic rings. The lowest BCUT2D eigenvalue weighted by molar-refractivity contribution is -0.117. The second-order valence-electron chi connectivity index (χ2n) is 5.22. The third-order valence-electron chi connectivity index (χ3n) is 3.40. The molecule has 1 aromatic carbocycles. The van der Waals surface area contributed by atoms with Crippen LogP contribution < -0.4 is 5.32 Å². The smallest absolute Gasteiger partial charge is 0.238 e. The Hall–Kier alpha value is -1.56. The Kier molecular flexibility index (Phi) is 5.45. The van der Waals surface area contributed by atoms with Crippen molar-refractivity contribution >= 4 is 34.8 Å². The van der Waals surface area contributed by atoms with Crippen molar-refractivity contribution < 1.29 is 4.79 Å². The summed E-state index contributed by atoms with van der Waals surface area (Å²) in [6, 6.07) is 4.97. The number of nitrogens with zero attached hydrogens (tertiary/aromatic N) is 3. The number of hydrogen-bond acceptors (Lipinski definition) is 3. The second kappa shape index (κ2) is 7.13. The number of likely N-dealkylation sites (N-methyl/N-ethyl adjacent to an activating group) is 1. The molecule has 0 aliphatic heterocycles. The average molecular weight is 341 g/mol. The van der Waals surface area contributed by atoms with Crippen molar-refractivity contribution in [1.29, 1.82) is 0 Å². The minimum Gasteiger partial charge on any atom is -0.324 e. The molecule has 1 N–H and O–H groups in total. The summed E-state index contributed by atoms with van der Waals surface area (Å²) in [7, 11) is 3.78. The number of halogens is 2. The monoisotopic (exact) mass is 340 g/mol. The van der Waals surface area contributed by atoms with Gasteiger partial charge in [-0.25, -0.2) is 0 Å². The van der Waals surface area contributed by atoms with Crippen LogP contribution in [0.1, 0.15) is 11.3 Å². The molecule has 0 fully saturated rings. The van der Waals surface area contributed by atoms with Crippen molar-refractivity contribution in [2.24, 2.45) is 7.05 Å². The van der Waals surface area contributed by atoms with Gasteiger partial charge in [-0.15, -0.1) is 0 Å². The lowest BCUT2D eigenvalue weighted by atomic mass is 10.2. The maximum Gasteiger partial charge on any atom is 0.238 e. The molecule has 1 aromatic heterocycles. The van der Waals surface area contributed by atoms with Crippen LogP contribution in [0.2, 0.25) is 10.0 Å². The third-order valence-corrected chi connectivity index (χ3v) is 3.94. The first-order valence-corrected chi connectivity index (χ1v) is 7.53. The van der Waals surface area contributed by atoms with E-state index < -0.39 is 0 Å². The van der Waals surface area contributed by atoms with E-state index in [0.717, 1.165) is 11.3 Å². The van der Waals surface area contributed by atoms with Crippen molar-refractivity contribution in [3.8, 4) is 0 Å². The predicted octanol–water partition coefficient (Wildman–Crippen LogP) is 3.11. The number of aryl methyl sites for hydroxylation is 1. The Balaban J connectivity index is 1.92. The molecule has 0 saturated carbocycles. The molecule has 0 saturated heterocycles. The molecule has 0 atom stereocenters. The van der Waals surface area contributed by atoms with E-state index in [0.29, 0.717) is 22.3 Å². The minimum absolute atomic E-state index is 0.131. The number of amides is 1. The summed E-state index contributed by atoms with van der Waals surface area (Å²) in [5, 5.41) is 7.93. The van der Waals surface area contributed by atoms with Gasteiger partial charge in [-0.1, -0.05) is 23.2 Å². The van der Waals surface area contributed by atoms with Gasteiger partial charge in [-0.2, -0.15) is 5.10 Å². The van der Waals surface area contributed by atoms with E-state index in [4.69, 9.17) is 23.2 Å². The molecule has 1 heterocycles. The van der Waals surface area contributed by atoms with Crippen LogP contribution in [0, 0.1) is 6.92 Å². The second-order valence-corrected chi connectivity index (χ2v) is 6.07. The zero-order valence-electron chi connectivity index (χ0n) is 12.7. The van der Waals surface area contributed by atoms with Crippen LogP contribution in [0.5, 0.6) is 0 Å². The van der Waals surface area contributed by atoms with E-state index in [1.54, 1.807) is 18.2 Å². The zero-order valence-corrected chi connectivity index (χ0v) is 14.2. The van der Waals surface area contributed by atoms with E-state index in [9.17, 15) is 4.79 Å². The van der Waals surface area contributed by atoms with Crippen molar-refractivity contribution in [1.82, 2.24) is 14.7 Å². The molecule has 2 aromatic rings. The van der Waals surface area contributed by atoms with Gasteiger partial charge in [-0.05, 0) is 32.2 Å². The first-order chi connectivity index (χ1) is 10.4. The highest BCUT2D eigenvalue weighted by atomic mass is 35.5. The molecule has 0 bridgehead atoms. The summed E-state index contributed by atoms with van der Waals surface area (Å²) < 4.78 is 1.82. The average Bonchev–Trinajstić information content (AvgIpc) is 2.74. The number of aromatic nitrogens is 2. The molecule has 0 aliphatic carbocycles. The Morgan fingerprint density at radius 3 is 2.73 bits per heavy atom. The van der Waals surface area contributed by atoms with Gasteiger partial charge in [0.2, 0.25) is 5.91 Å². The minimum atomic E-state index is -0.131. The van der Waals surface area contributed by atoms with Gasteiger partial charge < -0.3 is 5.32 Å². The third kappa shape index (κ3) is 4.22. The van der Waals surface area contributed by atoms with Gasteiger partial charge in [0.1, 0.15) is 0 Å². The van der Waals surface area contributed by atoms with Crippen molar-refractivity contribution in [2.75, 3.05) is 18.9 Å². The quantitative estimate of drug-likeness (QED) is 0.909. The van der Waals surface area contributed by atoms with Crippen molar-refractivity contribution in [3.63, 3.8) is 0 Å². The van der Waals surface area contributed by atoms with E-state index in [1.165, 1.54) is 0 Å². The molecule has 0 unspecified atom stereocenters. The van der Waals surface area contributed by atoms with Gasteiger partial charge >= 0.3 is 0 Å². The highest BCUT2D eigenvalue weighted by molar-refractivity contribution is 6.36. The van der Waals surface area contributed by atoms with Gasteiger partial charge in [0.25, 0.3) is 0 Å². The van der Waals surface area contributed by atoms with Crippen LogP contribution in [0.4, 0.5) is 5.69 Å². The van der Waals surface area contributed by atoms with E-state index >= 15 is 0 Å². The van der Waals surface area contributed by atoms with Gasteiger partial charge in [0, 0.05) is 29.9 Å². The molecular weight excluding hydrogens is 323 g/mol. The molecule has 7 heteroatoms. The van der Waals surface area contributed by atoms with Gasteiger partial charge in [0.05, 0.1) is 23.5 Å². The lowest BCUT2D eigenvalue weighted by Gasteiger charge is -2.16. The Labute approximate surface area is 139 Å². The SMILES string of the molecule is Cc1c(CN(C)CC(=O)Nc2ccc(Cl)cc2Cl)cnn1C. The largest absolute Gasteiger partial charge is 0.324 e. The number of carbonyl (C=O) groups excluding carboxylic acids is 1. The number of nitrogens with one attached hydrogen (secondary N) is 1. The summed E-state index contributed by atoms with van der Waals surface area (Å²) >= 11 is 11.9. The predicted molar refractivity (Wildman–Crippen MR) is 89.4 cm³/mol. The lowest BCUT2D eigenvalue weighted by Crippen LogP contribution is -2.30. The number of hydrogen-bond donors (Lipinski definition) is 1. The topological polar surface area (TPSA) is 50.2 Å². The number of anilines is 1. The Morgan fingerprint density at radius 2 is 2.14 bits per heavy atom. The first kappa shape index (κ1) is 16.8. The van der Waals surface area contributed by atoms with E-state index in [-0.39, 0.29) is 12.5 Å². The number of carbonyl (C=O) groups is 1. The maximum absolute atomic E-state index is 12.1. The molecule has 2 rings (SSSR count). The molecule has 118 valence electrons. The van der Waals surface area contributed by atoms with Crippen LogP contribution in [0.25, 0.3) is 0 Å². The van der Waals surface area contributed by atoms with Crippen LogP contribution in [-0.4, -0.2) is 34.2 Å². The van der Waals surface area contributed by atoms with E-state index in [2.05, 4.69) is 10.4 Å². The van der Waals surface area contributed by atoms with Gasteiger partial charge in [-0.3, -0.25) is 14.4 Å². The zero-order chi connectivity index (χ0) is 16.3. The van der Waals surface area contributed by atoms with Crippen LogP contribution >= 0.6 is 23.2 Å². The fourth-order valence-corrected chi connectivity index (χ4v) is 2.53. The van der Waals surface area contributed by atoms with Crippen molar-refractivity contribution in [2.45, 2.75) is 13.5 Å². The highest BCUT2D eigenvalue weighted by Gasteiger charge is 2.12. The number of benzene rings is 1. The molecule has 1 amide bonds. The summed E-state index contributed by atoms with van der Waals surface area (Å²) in [4.78, 5) is 14.0. The maximum atomic E-state index is 12.1. The fourth-order valence-electron chi connectivity index (χ4n) is 2.07. The molecule has 0 radical (unpaired) electrons. The number of rotatable bonds is 5. The fraction of sp³-hybridized carbons (Fsp3) is 0.333. The van der Waals surface area contributed by atoms with Crippen LogP contribution in [-0.2, 0) is 18.4 Å². The highest BCUT2D eigenvalue weighted by Crippen LogP contribution is 2.25. The van der Waals surface area contributed by atoms with Gasteiger partial charge in [0.15, 0.2) is 0 Å². The van der Waals surface area contributed by atoms with Crippen LogP contribution in [0.3, 0.4) is 0 Å². The Bertz CT molecular complexity index is 684. The standard InChI is InChI=1S/C15H18Cl2N4O/c1-10-11(7-18-21(10)3)8-20(2)9-15(22)19-14-5-4-12(16)6-13(14)17/h4-7H,8-9H2,1-3H3,(H,19,22). The summed E-state index contributed by atoms with van der Waals surface area (Å²) in [5.74, 6) is -0.131. The van der Waals surface area contributed by atoms with Crippen LogP contribution in [0.15, 0.2) is 24.4 Å². The Morgan fingerprint density at radius 1 is 1.41 bits per heavy atom.